The fourth-order valence-electron chi connectivity index (χ4n) is 0.768. The summed E-state index contributed by atoms with van der Waals surface area (Å²) in [7, 11) is 0. The average molecular weight is 168 g/mol. The van der Waals surface area contributed by atoms with Gasteiger partial charge in [-0.2, -0.15) is 0 Å². The third-order valence-electron chi connectivity index (χ3n) is 1.27. The van der Waals surface area contributed by atoms with E-state index in [0.717, 1.165) is 5.75 Å². The van der Waals surface area contributed by atoms with Crippen LogP contribution in [0.25, 0.3) is 0 Å². The van der Waals surface area contributed by atoms with Gasteiger partial charge in [-0.1, -0.05) is 42.3 Å². The van der Waals surface area contributed by atoms with Crippen molar-refractivity contribution >= 4 is 11.9 Å². The maximum absolute atomic E-state index is 5.26. The van der Waals surface area contributed by atoms with Crippen molar-refractivity contribution in [3.63, 3.8) is 0 Å². The fraction of sp³-hybridized carbons (Fsp3) is 0.250. The number of hydrogen-bond donors (Lipinski definition) is 2. The fourth-order valence-corrected chi connectivity index (χ4v) is 1.35. The lowest BCUT2D eigenvalue weighted by Crippen LogP contribution is -2.14. The topological polar surface area (TPSA) is 38.0 Å². The van der Waals surface area contributed by atoms with Crippen LogP contribution in [0.4, 0.5) is 0 Å². The highest BCUT2D eigenvalue weighted by Gasteiger charge is 1.88. The van der Waals surface area contributed by atoms with Gasteiger partial charge in [-0.3, -0.25) is 4.72 Å². The molecule has 0 aliphatic carbocycles. The van der Waals surface area contributed by atoms with Crippen molar-refractivity contribution in [1.29, 1.82) is 0 Å². The summed E-state index contributed by atoms with van der Waals surface area (Å²) in [5, 5.41) is 0. The zero-order valence-electron chi connectivity index (χ0n) is 6.29. The van der Waals surface area contributed by atoms with E-state index in [1.54, 1.807) is 11.9 Å². The number of nitrogens with one attached hydrogen (secondary N) is 1. The molecule has 3 heteroatoms. The summed E-state index contributed by atoms with van der Waals surface area (Å²) < 4.78 is 2.99. The van der Waals surface area contributed by atoms with E-state index >= 15 is 0 Å². The predicted octanol–water partition coefficient (Wildman–Crippen LogP) is 1.34. The molecule has 0 bridgehead atoms. The van der Waals surface area contributed by atoms with E-state index < -0.39 is 0 Å². The maximum atomic E-state index is 5.26. The van der Waals surface area contributed by atoms with Gasteiger partial charge in [0.15, 0.2) is 0 Å². The van der Waals surface area contributed by atoms with E-state index in [1.807, 2.05) is 18.2 Å². The van der Waals surface area contributed by atoms with Crippen molar-refractivity contribution in [2.24, 2.45) is 5.73 Å². The van der Waals surface area contributed by atoms with Crippen LogP contribution in [0.3, 0.4) is 0 Å². The van der Waals surface area contributed by atoms with Gasteiger partial charge in [0.05, 0.1) is 6.67 Å². The molecule has 2 nitrogen and oxygen atoms in total. The summed E-state index contributed by atoms with van der Waals surface area (Å²) in [5.74, 6) is 0.970. The molecule has 0 spiro atoms. The number of hydrogen-bond acceptors (Lipinski definition) is 3. The molecule has 1 aromatic rings. The second-order valence-electron chi connectivity index (χ2n) is 2.12. The minimum absolute atomic E-state index is 0.525. The standard InChI is InChI=1S/C8H12N2S/c9-7-10-11-6-8-4-2-1-3-5-8/h1-5,10H,6-7,9H2. The third kappa shape index (κ3) is 3.41. The van der Waals surface area contributed by atoms with Gasteiger partial charge in [-0.05, 0) is 5.56 Å². The molecule has 0 aromatic heterocycles. The smallest absolute Gasteiger partial charge is 0.0527 e. The van der Waals surface area contributed by atoms with Crippen molar-refractivity contribution in [2.45, 2.75) is 5.75 Å². The summed E-state index contributed by atoms with van der Waals surface area (Å²) in [6.07, 6.45) is 0. The molecule has 0 atom stereocenters. The number of nitrogens with two attached hydrogens (primary N) is 1. The van der Waals surface area contributed by atoms with Gasteiger partial charge in [0.25, 0.3) is 0 Å². The molecular formula is C8H12N2S. The number of rotatable bonds is 4. The summed E-state index contributed by atoms with van der Waals surface area (Å²) in [6.45, 7) is 0.525. The summed E-state index contributed by atoms with van der Waals surface area (Å²) in [4.78, 5) is 0. The van der Waals surface area contributed by atoms with Crippen LogP contribution in [0.5, 0.6) is 0 Å². The molecule has 11 heavy (non-hydrogen) atoms. The van der Waals surface area contributed by atoms with Crippen LogP contribution >= 0.6 is 11.9 Å². The van der Waals surface area contributed by atoms with E-state index in [2.05, 4.69) is 16.9 Å². The highest BCUT2D eigenvalue weighted by molar-refractivity contribution is 7.96. The quantitative estimate of drug-likeness (QED) is 0.405. The van der Waals surface area contributed by atoms with Crippen molar-refractivity contribution in [1.82, 2.24) is 4.72 Å². The molecule has 0 heterocycles. The molecule has 0 saturated heterocycles. The SMILES string of the molecule is NCNSCc1ccccc1. The molecule has 0 aliphatic rings. The van der Waals surface area contributed by atoms with Gasteiger partial charge in [-0.25, -0.2) is 0 Å². The molecule has 3 N–H and O–H groups in total. The molecule has 0 unspecified atom stereocenters. The van der Waals surface area contributed by atoms with Crippen molar-refractivity contribution in [2.75, 3.05) is 6.67 Å². The lowest BCUT2D eigenvalue weighted by Gasteiger charge is -1.99. The van der Waals surface area contributed by atoms with Gasteiger partial charge in [0, 0.05) is 5.75 Å². The van der Waals surface area contributed by atoms with Gasteiger partial charge in [0.2, 0.25) is 0 Å². The third-order valence-corrected chi connectivity index (χ3v) is 2.12. The van der Waals surface area contributed by atoms with E-state index in [1.165, 1.54) is 5.56 Å². The summed E-state index contributed by atoms with van der Waals surface area (Å²) in [5.41, 5.74) is 6.58. The maximum Gasteiger partial charge on any atom is 0.0527 e. The predicted molar refractivity (Wildman–Crippen MR) is 49.9 cm³/mol. The molecule has 0 saturated carbocycles. The minimum Gasteiger partial charge on any atom is -0.318 e. The first-order valence-electron chi connectivity index (χ1n) is 3.52. The molecule has 60 valence electrons. The summed E-state index contributed by atoms with van der Waals surface area (Å²) in [6, 6.07) is 10.3. The van der Waals surface area contributed by atoms with Gasteiger partial charge in [0.1, 0.15) is 0 Å². The van der Waals surface area contributed by atoms with E-state index in [4.69, 9.17) is 5.73 Å². The molecular weight excluding hydrogens is 156 g/mol. The Labute approximate surface area is 71.3 Å². The lowest BCUT2D eigenvalue weighted by atomic mass is 10.2. The first-order chi connectivity index (χ1) is 5.43. The first kappa shape index (κ1) is 8.59. The molecule has 0 aliphatic heterocycles. The van der Waals surface area contributed by atoms with Gasteiger partial charge >= 0.3 is 0 Å². The van der Waals surface area contributed by atoms with Gasteiger partial charge < -0.3 is 5.73 Å². The molecule has 1 aromatic carbocycles. The largest absolute Gasteiger partial charge is 0.318 e. The Morgan fingerprint density at radius 2 is 2.00 bits per heavy atom. The summed E-state index contributed by atoms with van der Waals surface area (Å²) >= 11 is 1.63. The number of benzene rings is 1. The van der Waals surface area contributed by atoms with Crippen LogP contribution in [-0.4, -0.2) is 6.67 Å². The zero-order chi connectivity index (χ0) is 7.94. The molecule has 0 fully saturated rings. The van der Waals surface area contributed by atoms with Crippen LogP contribution in [0.15, 0.2) is 30.3 Å². The normalized spacial score (nSPS) is 9.91. The van der Waals surface area contributed by atoms with Crippen LogP contribution < -0.4 is 10.5 Å². The first-order valence-corrected chi connectivity index (χ1v) is 4.50. The Balaban J connectivity index is 2.28. The van der Waals surface area contributed by atoms with Crippen molar-refractivity contribution in [3.05, 3.63) is 35.9 Å². The van der Waals surface area contributed by atoms with E-state index in [0.29, 0.717) is 6.67 Å². The Kier molecular flexibility index (Phi) is 4.04. The Bertz CT molecular complexity index is 189. The molecule has 1 rings (SSSR count). The Morgan fingerprint density at radius 1 is 1.27 bits per heavy atom. The van der Waals surface area contributed by atoms with Crippen LogP contribution in [0, 0.1) is 0 Å². The Morgan fingerprint density at radius 3 is 2.64 bits per heavy atom. The molecule has 0 amide bonds. The second kappa shape index (κ2) is 5.18. The minimum atomic E-state index is 0.525. The van der Waals surface area contributed by atoms with Crippen LogP contribution in [0.1, 0.15) is 5.56 Å². The monoisotopic (exact) mass is 168 g/mol. The highest BCUT2D eigenvalue weighted by atomic mass is 32.2. The van der Waals surface area contributed by atoms with E-state index in [9.17, 15) is 0 Å². The highest BCUT2D eigenvalue weighted by Crippen LogP contribution is 2.06. The van der Waals surface area contributed by atoms with Crippen LogP contribution in [0.2, 0.25) is 0 Å². The Hall–Kier alpha value is -0.510. The second-order valence-corrected chi connectivity index (χ2v) is 2.99. The average Bonchev–Trinajstić information content (AvgIpc) is 2.07. The zero-order valence-corrected chi connectivity index (χ0v) is 7.10. The van der Waals surface area contributed by atoms with E-state index in [-0.39, 0.29) is 0 Å². The van der Waals surface area contributed by atoms with Crippen molar-refractivity contribution in [3.8, 4) is 0 Å². The lowest BCUT2D eigenvalue weighted by molar-refractivity contribution is 0.983. The van der Waals surface area contributed by atoms with Crippen LogP contribution in [-0.2, 0) is 5.75 Å². The van der Waals surface area contributed by atoms with Crippen molar-refractivity contribution < 1.29 is 0 Å². The molecule has 0 radical (unpaired) electrons. The van der Waals surface area contributed by atoms with Gasteiger partial charge in [-0.15, -0.1) is 0 Å².